The predicted molar refractivity (Wildman–Crippen MR) is 100 cm³/mol. The second-order valence-electron chi connectivity index (χ2n) is 10.8. The Morgan fingerprint density at radius 3 is 1.64 bits per heavy atom. The lowest BCUT2D eigenvalue weighted by Gasteiger charge is -2.52. The van der Waals surface area contributed by atoms with E-state index in [0.29, 0.717) is 21.8 Å². The molecule has 1 aliphatic rings. The molecule has 1 fully saturated rings. The van der Waals surface area contributed by atoms with E-state index in [4.69, 9.17) is 0 Å². The molecule has 0 amide bonds. The summed E-state index contributed by atoms with van der Waals surface area (Å²) in [6, 6.07) is 0. The fourth-order valence-corrected chi connectivity index (χ4v) is 4.62. The first-order valence-corrected chi connectivity index (χ1v) is 9.48. The highest BCUT2D eigenvalue weighted by Gasteiger charge is 2.44. The second-order valence-corrected chi connectivity index (χ2v) is 10.8. The number of nitrogens with zero attached hydrogens (tertiary/aromatic N) is 1. The average Bonchev–Trinajstić information content (AvgIpc) is 2.36. The number of likely N-dealkylation sites (tertiary alicyclic amines) is 1. The summed E-state index contributed by atoms with van der Waals surface area (Å²) in [5.74, 6) is 0.865. The van der Waals surface area contributed by atoms with Gasteiger partial charge < -0.3 is 0 Å². The zero-order valence-electron chi connectivity index (χ0n) is 17.3. The van der Waals surface area contributed by atoms with E-state index in [1.165, 1.54) is 38.8 Å². The quantitative estimate of drug-likeness (QED) is 0.570. The van der Waals surface area contributed by atoms with Crippen LogP contribution in [0.25, 0.3) is 0 Å². The molecule has 0 aromatic rings. The van der Waals surface area contributed by atoms with Crippen LogP contribution >= 0.6 is 0 Å². The molecule has 132 valence electrons. The largest absolute Gasteiger partial charge is 0.298 e. The van der Waals surface area contributed by atoms with E-state index in [0.717, 1.165) is 5.92 Å². The van der Waals surface area contributed by atoms with Gasteiger partial charge in [0.2, 0.25) is 0 Å². The summed E-state index contributed by atoms with van der Waals surface area (Å²) in [4.78, 5) is 2.75. The van der Waals surface area contributed by atoms with Gasteiger partial charge >= 0.3 is 0 Å². The maximum absolute atomic E-state index is 2.75. The zero-order valence-corrected chi connectivity index (χ0v) is 17.3. The molecule has 0 aromatic heterocycles. The average molecular weight is 310 g/mol. The Balaban J connectivity index is 2.71. The summed E-state index contributed by atoms with van der Waals surface area (Å²) in [5, 5.41) is 0. The van der Waals surface area contributed by atoms with Crippen LogP contribution in [-0.4, -0.2) is 23.5 Å². The Bertz CT molecular complexity index is 349. The van der Waals surface area contributed by atoms with Crippen LogP contribution in [0.4, 0.5) is 0 Å². The van der Waals surface area contributed by atoms with Crippen LogP contribution in [0.1, 0.15) is 94.9 Å². The summed E-state index contributed by atoms with van der Waals surface area (Å²) >= 11 is 0. The highest BCUT2D eigenvalue weighted by Crippen LogP contribution is 2.50. The molecule has 1 aliphatic heterocycles. The van der Waals surface area contributed by atoms with Crippen LogP contribution in [0.2, 0.25) is 0 Å². The van der Waals surface area contributed by atoms with Gasteiger partial charge in [-0.2, -0.15) is 0 Å². The minimum atomic E-state index is 0.327. The lowest BCUT2D eigenvalue weighted by molar-refractivity contribution is -0.0268. The molecule has 0 bridgehead atoms. The first-order chi connectivity index (χ1) is 9.73. The first-order valence-electron chi connectivity index (χ1n) is 9.48. The predicted octanol–water partition coefficient (Wildman–Crippen LogP) is 6.38. The minimum absolute atomic E-state index is 0.327. The van der Waals surface area contributed by atoms with Crippen molar-refractivity contribution in [3.63, 3.8) is 0 Å². The van der Waals surface area contributed by atoms with Gasteiger partial charge in [0.25, 0.3) is 0 Å². The van der Waals surface area contributed by atoms with Gasteiger partial charge in [-0.1, -0.05) is 61.8 Å². The van der Waals surface area contributed by atoms with Crippen molar-refractivity contribution in [2.75, 3.05) is 13.1 Å². The van der Waals surface area contributed by atoms with Crippen molar-refractivity contribution in [2.45, 2.75) is 100 Å². The summed E-state index contributed by atoms with van der Waals surface area (Å²) in [6.07, 6.45) is 5.28. The molecule has 1 saturated heterocycles. The Labute approximate surface area is 141 Å². The second kappa shape index (κ2) is 6.46. The van der Waals surface area contributed by atoms with Crippen LogP contribution in [0.3, 0.4) is 0 Å². The fraction of sp³-hybridized carbons (Fsp3) is 1.00. The highest BCUT2D eigenvalue weighted by molar-refractivity contribution is 4.95. The van der Waals surface area contributed by atoms with Gasteiger partial charge in [-0.15, -0.1) is 0 Å². The zero-order chi connectivity index (χ0) is 17.4. The lowest BCUT2D eigenvalue weighted by Crippen LogP contribution is -2.52. The monoisotopic (exact) mass is 309 g/mol. The number of hydrogen-bond acceptors (Lipinski definition) is 1. The van der Waals surface area contributed by atoms with E-state index in [1.54, 1.807) is 0 Å². The van der Waals surface area contributed by atoms with E-state index >= 15 is 0 Å². The van der Waals surface area contributed by atoms with E-state index < -0.39 is 0 Å². The molecule has 0 aromatic carbocycles. The molecule has 0 radical (unpaired) electrons. The molecule has 0 N–H and O–H groups in total. The van der Waals surface area contributed by atoms with Crippen molar-refractivity contribution in [3.8, 4) is 0 Å². The normalized spacial score (nSPS) is 20.5. The molecule has 1 nitrogen and oxygen atoms in total. The van der Waals surface area contributed by atoms with Crippen molar-refractivity contribution >= 4 is 0 Å². The standard InChI is InChI=1S/C21H43N/c1-11-19(5,6)21(9,10)17-12-14-22(15-13-17)20(7,8)16-18(2,3)4/h17H,11-16H2,1-10H3. The van der Waals surface area contributed by atoms with E-state index in [9.17, 15) is 0 Å². The van der Waals surface area contributed by atoms with Crippen molar-refractivity contribution in [2.24, 2.45) is 22.2 Å². The van der Waals surface area contributed by atoms with E-state index in [1.807, 2.05) is 0 Å². The SMILES string of the molecule is CCC(C)(C)C(C)(C)C1CCN(C(C)(C)CC(C)(C)C)CC1. The fourth-order valence-electron chi connectivity index (χ4n) is 4.62. The van der Waals surface area contributed by atoms with Crippen LogP contribution in [0, 0.1) is 22.2 Å². The van der Waals surface area contributed by atoms with Gasteiger partial charge in [-0.25, -0.2) is 0 Å². The third kappa shape index (κ3) is 4.49. The molecule has 0 aliphatic carbocycles. The highest BCUT2D eigenvalue weighted by atomic mass is 15.2. The van der Waals surface area contributed by atoms with Crippen molar-refractivity contribution in [1.82, 2.24) is 4.90 Å². The van der Waals surface area contributed by atoms with Gasteiger partial charge in [0.1, 0.15) is 0 Å². The Morgan fingerprint density at radius 2 is 1.27 bits per heavy atom. The molecule has 0 saturated carbocycles. The summed E-state index contributed by atoms with van der Waals surface area (Å²) < 4.78 is 0. The Kier molecular flexibility index (Phi) is 5.87. The third-order valence-electron chi connectivity index (χ3n) is 6.96. The number of piperidine rings is 1. The number of hydrogen-bond donors (Lipinski definition) is 0. The molecule has 1 heteroatoms. The molecule has 22 heavy (non-hydrogen) atoms. The third-order valence-corrected chi connectivity index (χ3v) is 6.96. The maximum atomic E-state index is 2.75. The Morgan fingerprint density at radius 1 is 0.818 bits per heavy atom. The van der Waals surface area contributed by atoms with Crippen LogP contribution < -0.4 is 0 Å². The topological polar surface area (TPSA) is 3.24 Å². The molecule has 1 rings (SSSR count). The maximum Gasteiger partial charge on any atom is 0.0158 e. The smallest absolute Gasteiger partial charge is 0.0158 e. The molecular weight excluding hydrogens is 266 g/mol. The van der Waals surface area contributed by atoms with Gasteiger partial charge in [-0.05, 0) is 68.4 Å². The van der Waals surface area contributed by atoms with Crippen molar-refractivity contribution in [1.29, 1.82) is 0 Å². The first kappa shape index (κ1) is 20.0. The molecule has 0 atom stereocenters. The molecule has 0 spiro atoms. The summed E-state index contributed by atoms with van der Waals surface area (Å²) in [7, 11) is 0. The van der Waals surface area contributed by atoms with Gasteiger partial charge in [-0.3, -0.25) is 4.90 Å². The van der Waals surface area contributed by atoms with Crippen LogP contribution in [-0.2, 0) is 0 Å². The van der Waals surface area contributed by atoms with Crippen LogP contribution in [0.5, 0.6) is 0 Å². The van der Waals surface area contributed by atoms with Crippen molar-refractivity contribution in [3.05, 3.63) is 0 Å². The number of rotatable bonds is 5. The van der Waals surface area contributed by atoms with E-state index in [2.05, 4.69) is 74.1 Å². The lowest BCUT2D eigenvalue weighted by atomic mass is 9.58. The van der Waals surface area contributed by atoms with Crippen molar-refractivity contribution < 1.29 is 0 Å². The molecule has 1 heterocycles. The van der Waals surface area contributed by atoms with E-state index in [-0.39, 0.29) is 0 Å². The molecule has 0 unspecified atom stereocenters. The minimum Gasteiger partial charge on any atom is -0.298 e. The summed E-state index contributed by atoms with van der Waals surface area (Å²) in [5.41, 5.74) is 1.60. The van der Waals surface area contributed by atoms with Gasteiger partial charge in [0.05, 0.1) is 0 Å². The summed E-state index contributed by atoms with van der Waals surface area (Å²) in [6.45, 7) is 26.8. The Hall–Kier alpha value is -0.0400. The van der Waals surface area contributed by atoms with Gasteiger partial charge in [0, 0.05) is 5.54 Å². The molecular formula is C21H43N. The van der Waals surface area contributed by atoms with Crippen LogP contribution in [0.15, 0.2) is 0 Å². The van der Waals surface area contributed by atoms with Gasteiger partial charge in [0.15, 0.2) is 0 Å².